The third-order valence-electron chi connectivity index (χ3n) is 5.41. The number of aromatic nitrogens is 2. The molecule has 0 bridgehead atoms. The SMILES string of the molecule is CCCc1nc2ccc(Br)cc2c(=O)n1N=Cc1cc(I)c(OCC(=O)Nc2ccccc2)c(OCC)c1. The summed E-state index contributed by atoms with van der Waals surface area (Å²) in [5, 5.41) is 7.79. The van der Waals surface area contributed by atoms with Gasteiger partial charge in [-0.25, -0.2) is 4.98 Å². The molecule has 0 aliphatic carbocycles. The molecule has 196 valence electrons. The summed E-state index contributed by atoms with van der Waals surface area (Å²) >= 11 is 5.56. The highest BCUT2D eigenvalue weighted by Gasteiger charge is 2.15. The van der Waals surface area contributed by atoms with Crippen molar-refractivity contribution in [1.82, 2.24) is 9.66 Å². The molecule has 0 saturated heterocycles. The second-order valence-corrected chi connectivity index (χ2v) is 10.3. The smallest absolute Gasteiger partial charge is 0.282 e. The van der Waals surface area contributed by atoms with Crippen LogP contribution in [-0.4, -0.2) is 35.0 Å². The number of fused-ring (bicyclic) bond motifs is 1. The van der Waals surface area contributed by atoms with Gasteiger partial charge in [-0.1, -0.05) is 41.1 Å². The Balaban J connectivity index is 1.61. The molecular weight excluding hydrogens is 663 g/mol. The van der Waals surface area contributed by atoms with Crippen molar-refractivity contribution >= 4 is 67.2 Å². The van der Waals surface area contributed by atoms with Crippen molar-refractivity contribution < 1.29 is 14.3 Å². The number of aryl methyl sites for hydroxylation is 1. The molecule has 0 fully saturated rings. The number of para-hydroxylation sites is 1. The molecular formula is C28H26BrIN4O4. The summed E-state index contributed by atoms with van der Waals surface area (Å²) in [6.07, 6.45) is 3.03. The van der Waals surface area contributed by atoms with Crippen LogP contribution in [0.4, 0.5) is 5.69 Å². The number of amides is 1. The number of carbonyl (C=O) groups is 1. The van der Waals surface area contributed by atoms with E-state index in [0.29, 0.717) is 52.5 Å². The van der Waals surface area contributed by atoms with E-state index in [1.54, 1.807) is 18.3 Å². The second kappa shape index (κ2) is 13.0. The third kappa shape index (κ3) is 6.79. The van der Waals surface area contributed by atoms with E-state index in [-0.39, 0.29) is 18.1 Å². The Labute approximate surface area is 242 Å². The number of hydrogen-bond donors (Lipinski definition) is 1. The Bertz CT molecular complexity index is 1540. The fourth-order valence-electron chi connectivity index (χ4n) is 3.75. The Kier molecular flexibility index (Phi) is 9.51. The summed E-state index contributed by atoms with van der Waals surface area (Å²) in [7, 11) is 0. The summed E-state index contributed by atoms with van der Waals surface area (Å²) in [6.45, 7) is 4.13. The van der Waals surface area contributed by atoms with E-state index in [1.807, 2.05) is 62.4 Å². The average molecular weight is 689 g/mol. The van der Waals surface area contributed by atoms with E-state index >= 15 is 0 Å². The molecule has 4 aromatic rings. The van der Waals surface area contributed by atoms with Gasteiger partial charge in [0.15, 0.2) is 18.1 Å². The van der Waals surface area contributed by atoms with E-state index in [2.05, 4.69) is 53.9 Å². The lowest BCUT2D eigenvalue weighted by molar-refractivity contribution is -0.118. The van der Waals surface area contributed by atoms with Crippen molar-refractivity contribution in [3.05, 3.63) is 90.4 Å². The first kappa shape index (κ1) is 27.8. The van der Waals surface area contributed by atoms with Gasteiger partial charge in [0.05, 0.1) is 27.3 Å². The molecule has 1 N–H and O–H groups in total. The lowest BCUT2D eigenvalue weighted by Crippen LogP contribution is -2.22. The zero-order valence-electron chi connectivity index (χ0n) is 20.9. The van der Waals surface area contributed by atoms with Crippen LogP contribution in [0.15, 0.2) is 75.0 Å². The van der Waals surface area contributed by atoms with Crippen molar-refractivity contribution in [3.8, 4) is 11.5 Å². The van der Waals surface area contributed by atoms with Gasteiger partial charge in [-0.05, 0) is 84.0 Å². The van der Waals surface area contributed by atoms with Crippen molar-refractivity contribution in [2.45, 2.75) is 26.7 Å². The van der Waals surface area contributed by atoms with Crippen LogP contribution in [0, 0.1) is 3.57 Å². The molecule has 0 aliphatic heterocycles. The molecule has 0 spiro atoms. The standard InChI is InChI=1S/C28H26BrIN4O4/c1-3-8-25-33-23-12-11-19(29)15-21(23)28(36)34(25)31-16-18-13-22(30)27(24(14-18)37-4-2)38-17-26(35)32-20-9-6-5-7-10-20/h5-7,9-16H,3-4,8,17H2,1-2H3,(H,32,35). The Morgan fingerprint density at radius 3 is 2.66 bits per heavy atom. The fourth-order valence-corrected chi connectivity index (χ4v) is 4.89. The lowest BCUT2D eigenvalue weighted by Gasteiger charge is -2.15. The highest BCUT2D eigenvalue weighted by Crippen LogP contribution is 2.34. The fraction of sp³-hybridized carbons (Fsp3) is 0.214. The van der Waals surface area contributed by atoms with E-state index < -0.39 is 0 Å². The highest BCUT2D eigenvalue weighted by atomic mass is 127. The zero-order chi connectivity index (χ0) is 27.1. The first-order valence-electron chi connectivity index (χ1n) is 12.1. The van der Waals surface area contributed by atoms with E-state index in [1.165, 1.54) is 4.68 Å². The average Bonchev–Trinajstić information content (AvgIpc) is 2.89. The number of nitrogens with one attached hydrogen (secondary N) is 1. The Morgan fingerprint density at radius 2 is 1.92 bits per heavy atom. The van der Waals surface area contributed by atoms with Crippen molar-refractivity contribution in [2.24, 2.45) is 5.10 Å². The van der Waals surface area contributed by atoms with Crippen LogP contribution in [-0.2, 0) is 11.2 Å². The van der Waals surface area contributed by atoms with Crippen LogP contribution in [0.5, 0.6) is 11.5 Å². The van der Waals surface area contributed by atoms with Gasteiger partial charge < -0.3 is 14.8 Å². The third-order valence-corrected chi connectivity index (χ3v) is 6.70. The molecule has 1 amide bonds. The molecule has 0 unspecified atom stereocenters. The minimum atomic E-state index is -0.279. The summed E-state index contributed by atoms with van der Waals surface area (Å²) < 4.78 is 14.5. The maximum Gasteiger partial charge on any atom is 0.282 e. The topological polar surface area (TPSA) is 94.8 Å². The number of hydrogen-bond acceptors (Lipinski definition) is 6. The van der Waals surface area contributed by atoms with Gasteiger partial charge in [0.25, 0.3) is 11.5 Å². The van der Waals surface area contributed by atoms with Crippen LogP contribution in [0.2, 0.25) is 0 Å². The predicted molar refractivity (Wildman–Crippen MR) is 162 cm³/mol. The van der Waals surface area contributed by atoms with Crippen LogP contribution in [0.1, 0.15) is 31.7 Å². The molecule has 0 atom stereocenters. The molecule has 8 nitrogen and oxygen atoms in total. The summed E-state index contributed by atoms with van der Waals surface area (Å²) in [6, 6.07) is 18.3. The van der Waals surface area contributed by atoms with E-state index in [0.717, 1.165) is 14.5 Å². The lowest BCUT2D eigenvalue weighted by atomic mass is 10.2. The molecule has 1 aromatic heterocycles. The van der Waals surface area contributed by atoms with Gasteiger partial charge in [-0.2, -0.15) is 9.78 Å². The van der Waals surface area contributed by atoms with Gasteiger partial charge in [0.2, 0.25) is 0 Å². The van der Waals surface area contributed by atoms with Gasteiger partial charge in [-0.15, -0.1) is 0 Å². The Morgan fingerprint density at radius 1 is 1.13 bits per heavy atom. The first-order valence-corrected chi connectivity index (χ1v) is 14.0. The van der Waals surface area contributed by atoms with Gasteiger partial charge in [-0.3, -0.25) is 9.59 Å². The number of anilines is 1. The molecule has 0 aliphatic rings. The van der Waals surface area contributed by atoms with Crippen molar-refractivity contribution in [2.75, 3.05) is 18.5 Å². The molecule has 38 heavy (non-hydrogen) atoms. The van der Waals surface area contributed by atoms with Gasteiger partial charge in [0, 0.05) is 16.6 Å². The minimum Gasteiger partial charge on any atom is -0.490 e. The van der Waals surface area contributed by atoms with Crippen LogP contribution >= 0.6 is 38.5 Å². The van der Waals surface area contributed by atoms with Crippen molar-refractivity contribution in [3.63, 3.8) is 0 Å². The summed E-state index contributed by atoms with van der Waals surface area (Å²) in [4.78, 5) is 30.3. The maximum absolute atomic E-state index is 13.3. The second-order valence-electron chi connectivity index (χ2n) is 8.27. The normalized spacial score (nSPS) is 11.2. The van der Waals surface area contributed by atoms with Crippen molar-refractivity contribution in [1.29, 1.82) is 0 Å². The van der Waals surface area contributed by atoms with Crippen LogP contribution < -0.4 is 20.3 Å². The molecule has 3 aromatic carbocycles. The van der Waals surface area contributed by atoms with Gasteiger partial charge >= 0.3 is 0 Å². The minimum absolute atomic E-state index is 0.174. The summed E-state index contributed by atoms with van der Waals surface area (Å²) in [5.41, 5.74) is 1.81. The molecule has 1 heterocycles. The predicted octanol–water partition coefficient (Wildman–Crippen LogP) is 6.01. The molecule has 10 heteroatoms. The number of halogens is 2. The largest absolute Gasteiger partial charge is 0.490 e. The number of nitrogens with zero attached hydrogens (tertiary/aromatic N) is 3. The highest BCUT2D eigenvalue weighted by molar-refractivity contribution is 14.1. The quantitative estimate of drug-likeness (QED) is 0.163. The monoisotopic (exact) mass is 688 g/mol. The summed E-state index contributed by atoms with van der Waals surface area (Å²) in [5.74, 6) is 1.26. The number of rotatable bonds is 10. The molecule has 4 rings (SSSR count). The number of carbonyl (C=O) groups excluding carboxylic acids is 1. The molecule has 0 saturated carbocycles. The number of benzene rings is 3. The van der Waals surface area contributed by atoms with Crippen LogP contribution in [0.25, 0.3) is 10.9 Å². The Hall–Kier alpha value is -3.25. The van der Waals surface area contributed by atoms with Crippen LogP contribution in [0.3, 0.4) is 0 Å². The molecule has 0 radical (unpaired) electrons. The number of ether oxygens (including phenoxy) is 2. The maximum atomic E-state index is 13.3. The zero-order valence-corrected chi connectivity index (χ0v) is 24.7. The van der Waals surface area contributed by atoms with E-state index in [4.69, 9.17) is 9.47 Å². The first-order chi connectivity index (χ1) is 18.4. The van der Waals surface area contributed by atoms with E-state index in [9.17, 15) is 9.59 Å². The van der Waals surface area contributed by atoms with Gasteiger partial charge in [0.1, 0.15) is 5.82 Å².